The number of ether oxygens (including phenoxy) is 1. The highest BCUT2D eigenvalue weighted by Gasteiger charge is 2.20. The topological polar surface area (TPSA) is 116 Å². The van der Waals surface area contributed by atoms with E-state index in [1.165, 1.54) is 43.3 Å². The lowest BCUT2D eigenvalue weighted by Gasteiger charge is -2.11. The molecule has 9 heteroatoms. The van der Waals surface area contributed by atoms with Crippen LogP contribution in [0.2, 0.25) is 0 Å². The lowest BCUT2D eigenvalue weighted by Crippen LogP contribution is -2.21. The van der Waals surface area contributed by atoms with Gasteiger partial charge in [-0.1, -0.05) is 24.3 Å². The zero-order valence-corrected chi connectivity index (χ0v) is 19.6. The summed E-state index contributed by atoms with van der Waals surface area (Å²) in [5, 5.41) is 2.55. The van der Waals surface area contributed by atoms with Crippen LogP contribution in [0.5, 0.6) is 5.75 Å². The first kappa shape index (κ1) is 24.7. The Kier molecular flexibility index (Phi) is 7.47. The maximum atomic E-state index is 12.6. The molecule has 0 radical (unpaired) electrons. The van der Waals surface area contributed by atoms with E-state index in [2.05, 4.69) is 5.32 Å². The number of carbonyl (C=O) groups excluding carboxylic acids is 3. The summed E-state index contributed by atoms with van der Waals surface area (Å²) in [6, 6.07) is 16.7. The Hall–Kier alpha value is -3.98. The van der Waals surface area contributed by atoms with Crippen molar-refractivity contribution in [3.05, 3.63) is 89.0 Å². The van der Waals surface area contributed by atoms with E-state index < -0.39 is 28.6 Å². The molecule has 0 aliphatic heterocycles. The van der Waals surface area contributed by atoms with Crippen LogP contribution in [0.1, 0.15) is 38.8 Å². The average Bonchev–Trinajstić information content (AvgIpc) is 2.79. The maximum Gasteiger partial charge on any atom is 0.339 e. The monoisotopic (exact) mass is 481 g/mol. The minimum atomic E-state index is -4.05. The largest absolute Gasteiger partial charge is 0.452 e. The van der Waals surface area contributed by atoms with Crippen molar-refractivity contribution in [1.29, 1.82) is 0 Å². The molecule has 0 bridgehead atoms. The molecule has 0 unspecified atom stereocenters. The van der Waals surface area contributed by atoms with Gasteiger partial charge in [0.1, 0.15) is 10.6 Å². The highest BCUT2D eigenvalue weighted by molar-refractivity contribution is 7.87. The second-order valence-corrected chi connectivity index (χ2v) is 9.11. The second kappa shape index (κ2) is 10.3. The van der Waals surface area contributed by atoms with E-state index in [-0.39, 0.29) is 22.0 Å². The van der Waals surface area contributed by atoms with Crippen LogP contribution >= 0.6 is 0 Å². The first-order chi connectivity index (χ1) is 16.0. The van der Waals surface area contributed by atoms with Crippen molar-refractivity contribution in [2.45, 2.75) is 25.7 Å². The van der Waals surface area contributed by atoms with Gasteiger partial charge in [0.25, 0.3) is 5.91 Å². The number of esters is 1. The Bertz CT molecular complexity index is 1350. The van der Waals surface area contributed by atoms with Gasteiger partial charge in [0, 0.05) is 11.3 Å². The number of hydrogen-bond donors (Lipinski definition) is 1. The smallest absolute Gasteiger partial charge is 0.339 e. The van der Waals surface area contributed by atoms with Crippen LogP contribution in [0.25, 0.3) is 0 Å². The van der Waals surface area contributed by atoms with E-state index in [0.29, 0.717) is 16.8 Å². The summed E-state index contributed by atoms with van der Waals surface area (Å²) in [5.74, 6) is -1.46. The second-order valence-electron chi connectivity index (χ2n) is 7.59. The normalized spacial score (nSPS) is 10.9. The molecule has 3 rings (SSSR count). The van der Waals surface area contributed by atoms with E-state index in [0.717, 1.165) is 5.56 Å². The number of anilines is 1. The van der Waals surface area contributed by atoms with E-state index >= 15 is 0 Å². The number of hydrogen-bond acceptors (Lipinski definition) is 7. The number of rotatable bonds is 8. The zero-order chi connectivity index (χ0) is 24.9. The van der Waals surface area contributed by atoms with Crippen molar-refractivity contribution in [3.63, 3.8) is 0 Å². The molecule has 3 aromatic rings. The number of Topliss-reactive ketones (excluding diaryl/α,β-unsaturated/α-hetero) is 1. The summed E-state index contributed by atoms with van der Waals surface area (Å²) < 4.78 is 35.4. The van der Waals surface area contributed by atoms with Crippen LogP contribution in [0.3, 0.4) is 0 Å². The molecule has 0 spiro atoms. The number of nitrogens with one attached hydrogen (secondary N) is 1. The zero-order valence-electron chi connectivity index (χ0n) is 18.8. The Balaban J connectivity index is 1.58. The molecule has 0 aliphatic rings. The van der Waals surface area contributed by atoms with Gasteiger partial charge in [-0.05, 0) is 74.4 Å². The summed E-state index contributed by atoms with van der Waals surface area (Å²) in [6.45, 7) is 4.33. The van der Waals surface area contributed by atoms with Crippen molar-refractivity contribution in [3.8, 4) is 5.75 Å². The van der Waals surface area contributed by atoms with E-state index in [9.17, 15) is 22.8 Å². The molecule has 1 N–H and O–H groups in total. The Morgan fingerprint density at radius 1 is 0.882 bits per heavy atom. The van der Waals surface area contributed by atoms with Gasteiger partial charge in [-0.25, -0.2) is 4.79 Å². The minimum absolute atomic E-state index is 0.0283. The third-order valence-electron chi connectivity index (χ3n) is 4.80. The maximum absolute atomic E-state index is 12.6. The van der Waals surface area contributed by atoms with Gasteiger partial charge in [-0.3, -0.25) is 9.59 Å². The highest BCUT2D eigenvalue weighted by atomic mass is 32.2. The molecule has 8 nitrogen and oxygen atoms in total. The molecule has 0 atom stereocenters. The molecule has 3 aromatic carbocycles. The Morgan fingerprint density at radius 2 is 1.59 bits per heavy atom. The van der Waals surface area contributed by atoms with Gasteiger partial charge in [-0.2, -0.15) is 8.42 Å². The van der Waals surface area contributed by atoms with Gasteiger partial charge in [0.15, 0.2) is 12.4 Å². The Morgan fingerprint density at radius 3 is 2.26 bits per heavy atom. The predicted molar refractivity (Wildman–Crippen MR) is 126 cm³/mol. The van der Waals surface area contributed by atoms with Crippen LogP contribution in [-0.2, 0) is 19.6 Å². The van der Waals surface area contributed by atoms with Crippen LogP contribution in [-0.4, -0.2) is 32.7 Å². The SMILES string of the molecule is CC(=O)c1cccc(NC(=O)COC(=O)c2ccc(OS(=O)(=O)c3cc(C)ccc3C)cc2)c1. The number of amides is 1. The van der Waals surface area contributed by atoms with E-state index in [4.69, 9.17) is 8.92 Å². The molecule has 0 aromatic heterocycles. The van der Waals surface area contributed by atoms with Gasteiger partial charge in [0.05, 0.1) is 5.56 Å². The molecule has 0 saturated heterocycles. The fraction of sp³-hybridized carbons (Fsp3) is 0.160. The van der Waals surface area contributed by atoms with Crippen molar-refractivity contribution < 1.29 is 31.7 Å². The summed E-state index contributed by atoms with van der Waals surface area (Å²) >= 11 is 0. The van der Waals surface area contributed by atoms with Crippen LogP contribution in [0.15, 0.2) is 71.6 Å². The fourth-order valence-electron chi connectivity index (χ4n) is 3.02. The first-order valence-corrected chi connectivity index (χ1v) is 11.7. The molecule has 1 amide bonds. The molecule has 0 fully saturated rings. The van der Waals surface area contributed by atoms with Gasteiger partial charge in [-0.15, -0.1) is 0 Å². The number of carbonyl (C=O) groups is 3. The Labute approximate surface area is 197 Å². The molecule has 0 heterocycles. The number of aryl methyl sites for hydroxylation is 2. The average molecular weight is 482 g/mol. The van der Waals surface area contributed by atoms with Crippen molar-refractivity contribution in [2.24, 2.45) is 0 Å². The third kappa shape index (κ3) is 6.29. The third-order valence-corrected chi connectivity index (χ3v) is 6.19. The minimum Gasteiger partial charge on any atom is -0.452 e. The quantitative estimate of drug-likeness (QED) is 0.293. The summed E-state index contributed by atoms with van der Waals surface area (Å²) in [7, 11) is -4.05. The predicted octanol–water partition coefficient (Wildman–Crippen LogP) is 4.07. The lowest BCUT2D eigenvalue weighted by atomic mass is 10.1. The van der Waals surface area contributed by atoms with Crippen molar-refractivity contribution >= 4 is 33.5 Å². The molecule has 0 aliphatic carbocycles. The fourth-order valence-corrected chi connectivity index (χ4v) is 4.27. The standard InChI is InChI=1S/C25H23NO7S/c1-16-7-8-17(2)23(13-16)34(30,31)33-22-11-9-19(10-12-22)25(29)32-15-24(28)26-21-6-4-5-20(14-21)18(3)27/h4-14H,15H2,1-3H3,(H,26,28). The van der Waals surface area contributed by atoms with Crippen LogP contribution in [0.4, 0.5) is 5.69 Å². The van der Waals surface area contributed by atoms with Crippen molar-refractivity contribution in [2.75, 3.05) is 11.9 Å². The van der Waals surface area contributed by atoms with Crippen LogP contribution in [0, 0.1) is 13.8 Å². The lowest BCUT2D eigenvalue weighted by molar-refractivity contribution is -0.119. The highest BCUT2D eigenvalue weighted by Crippen LogP contribution is 2.23. The van der Waals surface area contributed by atoms with Gasteiger partial charge < -0.3 is 14.2 Å². The van der Waals surface area contributed by atoms with E-state index in [1.54, 1.807) is 44.2 Å². The van der Waals surface area contributed by atoms with Crippen molar-refractivity contribution in [1.82, 2.24) is 0 Å². The number of benzene rings is 3. The van der Waals surface area contributed by atoms with Crippen LogP contribution < -0.4 is 9.50 Å². The molecule has 176 valence electrons. The molecule has 0 saturated carbocycles. The van der Waals surface area contributed by atoms with E-state index in [1.807, 2.05) is 0 Å². The summed E-state index contributed by atoms with van der Waals surface area (Å²) in [4.78, 5) is 35.8. The van der Waals surface area contributed by atoms with Gasteiger partial charge >= 0.3 is 16.1 Å². The number of ketones is 1. The summed E-state index contributed by atoms with van der Waals surface area (Å²) in [5.41, 5.74) is 2.29. The molecular weight excluding hydrogens is 458 g/mol. The van der Waals surface area contributed by atoms with Gasteiger partial charge in [0.2, 0.25) is 0 Å². The molecular formula is C25H23NO7S. The summed E-state index contributed by atoms with van der Waals surface area (Å²) in [6.07, 6.45) is 0. The first-order valence-electron chi connectivity index (χ1n) is 10.2. The molecule has 34 heavy (non-hydrogen) atoms.